The number of ketones is 1. The molecule has 0 saturated carbocycles. The largest absolute Gasteiger partial charge is 0.423 e. The quantitative estimate of drug-likeness (QED) is 0.705. The van der Waals surface area contributed by atoms with E-state index in [1.807, 2.05) is 0 Å². The Morgan fingerprint density at radius 3 is 2.18 bits per heavy atom. The lowest BCUT2D eigenvalue weighted by Gasteiger charge is -2.32. The van der Waals surface area contributed by atoms with Crippen molar-refractivity contribution in [2.45, 2.75) is 31.2 Å². The number of Topliss-reactive ketones (excluding diaryl/α,β-unsaturated/α-hetero) is 1. The molecule has 17 heavy (non-hydrogen) atoms. The lowest BCUT2D eigenvalue weighted by molar-refractivity contribution is -0.248. The Balaban J connectivity index is 3.33. The first kappa shape index (κ1) is 13.9. The second kappa shape index (κ2) is 3.95. The SMILES string of the molecule is CCC(=O)[C@]1(C(F)(F)F)N=NC[C@@H]1C(F)(F)F. The molecule has 0 aromatic rings. The van der Waals surface area contributed by atoms with Crippen molar-refractivity contribution in [3.8, 4) is 0 Å². The molecule has 0 unspecified atom stereocenters. The maximum absolute atomic E-state index is 12.8. The van der Waals surface area contributed by atoms with Gasteiger partial charge in [-0.3, -0.25) is 4.79 Å². The molecule has 0 aromatic heterocycles. The van der Waals surface area contributed by atoms with Gasteiger partial charge in [0.2, 0.25) is 5.54 Å². The fraction of sp³-hybridized carbons (Fsp3) is 0.875. The fourth-order valence-corrected chi connectivity index (χ4v) is 1.71. The Hall–Kier alpha value is -1.15. The van der Waals surface area contributed by atoms with Crippen molar-refractivity contribution in [2.24, 2.45) is 16.1 Å². The number of rotatable bonds is 2. The van der Waals surface area contributed by atoms with Crippen LogP contribution in [0.1, 0.15) is 13.3 Å². The van der Waals surface area contributed by atoms with E-state index < -0.39 is 42.6 Å². The maximum atomic E-state index is 12.8. The van der Waals surface area contributed by atoms with E-state index in [1.54, 1.807) is 0 Å². The van der Waals surface area contributed by atoms with Crippen LogP contribution < -0.4 is 0 Å². The maximum Gasteiger partial charge on any atom is 0.423 e. The van der Waals surface area contributed by atoms with Crippen molar-refractivity contribution in [2.75, 3.05) is 6.54 Å². The molecule has 1 heterocycles. The third kappa shape index (κ3) is 2.02. The number of halogens is 6. The van der Waals surface area contributed by atoms with Gasteiger partial charge in [0.25, 0.3) is 0 Å². The molecule has 0 spiro atoms. The van der Waals surface area contributed by atoms with Crippen molar-refractivity contribution in [1.29, 1.82) is 0 Å². The Morgan fingerprint density at radius 1 is 1.29 bits per heavy atom. The van der Waals surface area contributed by atoms with Crippen molar-refractivity contribution >= 4 is 5.78 Å². The van der Waals surface area contributed by atoms with Crippen LogP contribution in [0.2, 0.25) is 0 Å². The van der Waals surface area contributed by atoms with Crippen molar-refractivity contribution in [3.05, 3.63) is 0 Å². The van der Waals surface area contributed by atoms with Crippen molar-refractivity contribution in [3.63, 3.8) is 0 Å². The third-order valence-electron chi connectivity index (χ3n) is 2.57. The summed E-state index contributed by atoms with van der Waals surface area (Å²) in [5.74, 6) is -4.55. The second-order valence-electron chi connectivity index (χ2n) is 3.56. The zero-order chi connectivity index (χ0) is 13.5. The molecule has 0 N–H and O–H groups in total. The average Bonchev–Trinajstić information content (AvgIpc) is 2.59. The van der Waals surface area contributed by atoms with Crippen LogP contribution in [0.4, 0.5) is 26.3 Å². The summed E-state index contributed by atoms with van der Waals surface area (Å²) >= 11 is 0. The highest BCUT2D eigenvalue weighted by Gasteiger charge is 2.72. The van der Waals surface area contributed by atoms with Crippen LogP contribution in [-0.2, 0) is 4.79 Å². The van der Waals surface area contributed by atoms with Gasteiger partial charge >= 0.3 is 12.4 Å². The van der Waals surface area contributed by atoms with Crippen LogP contribution in [0.3, 0.4) is 0 Å². The van der Waals surface area contributed by atoms with Crippen molar-refractivity contribution in [1.82, 2.24) is 0 Å². The molecule has 0 aromatic carbocycles. The summed E-state index contributed by atoms with van der Waals surface area (Å²) < 4.78 is 75.8. The topological polar surface area (TPSA) is 41.8 Å². The fourth-order valence-electron chi connectivity index (χ4n) is 1.71. The highest BCUT2D eigenvalue weighted by Crippen LogP contribution is 2.50. The lowest BCUT2D eigenvalue weighted by atomic mass is 9.79. The third-order valence-corrected chi connectivity index (χ3v) is 2.57. The predicted molar refractivity (Wildman–Crippen MR) is 43.4 cm³/mol. The summed E-state index contributed by atoms with van der Waals surface area (Å²) in [5.41, 5.74) is -3.76. The smallest absolute Gasteiger partial charge is 0.296 e. The number of carbonyl (C=O) groups excluding carboxylic acids is 1. The van der Waals surface area contributed by atoms with Gasteiger partial charge in [0, 0.05) is 6.42 Å². The van der Waals surface area contributed by atoms with Crippen LogP contribution in [0.25, 0.3) is 0 Å². The summed E-state index contributed by atoms with van der Waals surface area (Å²) in [5, 5.41) is 5.37. The van der Waals surface area contributed by atoms with Gasteiger partial charge < -0.3 is 0 Å². The van der Waals surface area contributed by atoms with E-state index in [0.717, 1.165) is 6.92 Å². The molecule has 0 saturated heterocycles. The second-order valence-corrected chi connectivity index (χ2v) is 3.56. The normalized spacial score (nSPS) is 29.7. The van der Waals surface area contributed by atoms with E-state index in [2.05, 4.69) is 10.2 Å². The highest BCUT2D eigenvalue weighted by molar-refractivity contribution is 5.90. The van der Waals surface area contributed by atoms with Gasteiger partial charge in [-0.15, -0.1) is 0 Å². The molecular weight excluding hydrogens is 254 g/mol. The van der Waals surface area contributed by atoms with Gasteiger partial charge in [-0.2, -0.15) is 36.6 Å². The first-order chi connectivity index (χ1) is 7.57. The monoisotopic (exact) mass is 262 g/mol. The van der Waals surface area contributed by atoms with E-state index in [9.17, 15) is 31.1 Å². The molecular formula is C8H8F6N2O. The van der Waals surface area contributed by atoms with Crippen LogP contribution in [0.5, 0.6) is 0 Å². The van der Waals surface area contributed by atoms with E-state index in [4.69, 9.17) is 0 Å². The van der Waals surface area contributed by atoms with Gasteiger partial charge in [0.05, 0.1) is 6.54 Å². The Kier molecular flexibility index (Phi) is 3.23. The molecule has 0 radical (unpaired) electrons. The van der Waals surface area contributed by atoms with Gasteiger partial charge in [-0.1, -0.05) is 6.92 Å². The van der Waals surface area contributed by atoms with E-state index >= 15 is 0 Å². The molecule has 0 amide bonds. The lowest BCUT2D eigenvalue weighted by Crippen LogP contribution is -2.58. The molecule has 0 fully saturated rings. The first-order valence-electron chi connectivity index (χ1n) is 4.62. The summed E-state index contributed by atoms with van der Waals surface area (Å²) in [4.78, 5) is 11.3. The first-order valence-corrected chi connectivity index (χ1v) is 4.62. The van der Waals surface area contributed by atoms with Gasteiger partial charge in [-0.05, 0) is 0 Å². The van der Waals surface area contributed by atoms with E-state index in [1.165, 1.54) is 0 Å². The number of alkyl halides is 6. The molecule has 3 nitrogen and oxygen atoms in total. The number of carbonyl (C=O) groups is 1. The Morgan fingerprint density at radius 2 is 1.82 bits per heavy atom. The molecule has 0 aliphatic carbocycles. The van der Waals surface area contributed by atoms with Gasteiger partial charge in [0.1, 0.15) is 5.92 Å². The Labute approximate surface area is 91.9 Å². The summed E-state index contributed by atoms with van der Waals surface area (Å²) in [6.45, 7) is -0.119. The number of hydrogen-bond donors (Lipinski definition) is 0. The molecule has 1 aliphatic heterocycles. The van der Waals surface area contributed by atoms with Crippen LogP contribution >= 0.6 is 0 Å². The van der Waals surface area contributed by atoms with Crippen LogP contribution in [0.15, 0.2) is 10.2 Å². The standard InChI is InChI=1S/C8H8F6N2O/c1-2-5(17)6(8(12,13)14)4(3-15-16-6)7(9,10)11/h4H,2-3H2,1H3/t4-,6+/m0/s1. The van der Waals surface area contributed by atoms with E-state index in [-0.39, 0.29) is 0 Å². The molecule has 9 heteroatoms. The molecule has 98 valence electrons. The summed E-state index contributed by atoms with van der Waals surface area (Å²) in [7, 11) is 0. The van der Waals surface area contributed by atoms with Crippen LogP contribution in [-0.4, -0.2) is 30.2 Å². The van der Waals surface area contributed by atoms with Gasteiger partial charge in [-0.25, -0.2) is 0 Å². The highest BCUT2D eigenvalue weighted by atomic mass is 19.4. The molecule has 1 aliphatic rings. The predicted octanol–water partition coefficient (Wildman–Crippen LogP) is 2.91. The minimum Gasteiger partial charge on any atom is -0.296 e. The number of nitrogens with zero attached hydrogens (tertiary/aromatic N) is 2. The Bertz CT molecular complexity index is 347. The minimum atomic E-state index is -5.40. The van der Waals surface area contributed by atoms with Crippen LogP contribution in [0, 0.1) is 5.92 Å². The average molecular weight is 262 g/mol. The zero-order valence-electron chi connectivity index (χ0n) is 8.56. The molecule has 0 bridgehead atoms. The van der Waals surface area contributed by atoms with Crippen molar-refractivity contribution < 1.29 is 31.1 Å². The number of azo groups is 1. The van der Waals surface area contributed by atoms with Gasteiger partial charge in [0.15, 0.2) is 5.78 Å². The molecule has 2 atom stereocenters. The zero-order valence-corrected chi connectivity index (χ0v) is 8.56. The van der Waals surface area contributed by atoms with E-state index in [0.29, 0.717) is 0 Å². The summed E-state index contributed by atoms with van der Waals surface area (Å²) in [6.07, 6.45) is -11.3. The number of hydrogen-bond acceptors (Lipinski definition) is 3. The summed E-state index contributed by atoms with van der Waals surface area (Å²) in [6, 6.07) is 0. The minimum absolute atomic E-state index is 0.689. The molecule has 1 rings (SSSR count).